The molecule has 2 aromatic rings. The Bertz CT molecular complexity index is 901. The van der Waals surface area contributed by atoms with Gasteiger partial charge in [-0.1, -0.05) is 11.6 Å². The number of aromatic nitrogens is 1. The van der Waals surface area contributed by atoms with Crippen LogP contribution in [-0.4, -0.2) is 46.7 Å². The van der Waals surface area contributed by atoms with Gasteiger partial charge in [0.25, 0.3) is 5.91 Å². The fourth-order valence-electron chi connectivity index (χ4n) is 3.23. The molecule has 1 atom stereocenters. The summed E-state index contributed by atoms with van der Waals surface area (Å²) in [5.41, 5.74) is 5.92. The lowest BCUT2D eigenvalue weighted by Gasteiger charge is -2.33. The first-order valence-electron chi connectivity index (χ1n) is 9.41. The van der Waals surface area contributed by atoms with E-state index in [0.29, 0.717) is 29.4 Å². The van der Waals surface area contributed by atoms with Crippen molar-refractivity contribution in [3.8, 4) is 5.75 Å². The van der Waals surface area contributed by atoms with E-state index in [4.69, 9.17) is 22.1 Å². The Labute approximate surface area is 173 Å². The van der Waals surface area contributed by atoms with Crippen molar-refractivity contribution >= 4 is 29.2 Å². The molecule has 8 heteroatoms. The lowest BCUT2D eigenvalue weighted by Crippen LogP contribution is -2.44. The molecule has 0 aliphatic carbocycles. The number of amides is 2. The molecule has 7 nitrogen and oxygen atoms in total. The van der Waals surface area contributed by atoms with E-state index >= 15 is 0 Å². The highest BCUT2D eigenvalue weighted by Crippen LogP contribution is 2.20. The van der Waals surface area contributed by atoms with Crippen LogP contribution in [0.5, 0.6) is 5.75 Å². The average molecular weight is 416 g/mol. The number of benzene rings is 1. The average Bonchev–Trinajstić information content (AvgIpc) is 2.72. The van der Waals surface area contributed by atoms with Crippen LogP contribution in [0.1, 0.15) is 46.5 Å². The lowest BCUT2D eigenvalue weighted by atomic mass is 10.0. The van der Waals surface area contributed by atoms with Gasteiger partial charge < -0.3 is 15.4 Å². The van der Waals surface area contributed by atoms with Crippen molar-refractivity contribution in [1.82, 2.24) is 9.88 Å². The summed E-state index contributed by atoms with van der Waals surface area (Å²) in [6.07, 6.45) is 3.16. The smallest absolute Gasteiger partial charge is 0.267 e. The summed E-state index contributed by atoms with van der Waals surface area (Å²) in [5.74, 6) is -0.295. The normalized spacial score (nSPS) is 16.3. The highest BCUT2D eigenvalue weighted by atomic mass is 35.5. The maximum atomic E-state index is 12.6. The van der Waals surface area contributed by atoms with E-state index in [-0.39, 0.29) is 36.3 Å². The predicted molar refractivity (Wildman–Crippen MR) is 108 cm³/mol. The molecule has 1 aromatic carbocycles. The number of ketones is 1. The Kier molecular flexibility index (Phi) is 6.82. The minimum absolute atomic E-state index is 0.0758. The van der Waals surface area contributed by atoms with Crippen LogP contribution in [0.2, 0.25) is 5.02 Å². The number of primary amides is 1. The third kappa shape index (κ3) is 5.77. The first kappa shape index (κ1) is 20.8. The van der Waals surface area contributed by atoms with Crippen LogP contribution in [0.3, 0.4) is 0 Å². The van der Waals surface area contributed by atoms with Crippen LogP contribution in [-0.2, 0) is 4.79 Å². The molecule has 1 aromatic heterocycles. The van der Waals surface area contributed by atoms with E-state index in [1.54, 1.807) is 35.2 Å². The highest BCUT2D eigenvalue weighted by molar-refractivity contribution is 6.30. The molecule has 1 unspecified atom stereocenters. The molecule has 0 bridgehead atoms. The molecule has 2 amide bonds. The summed E-state index contributed by atoms with van der Waals surface area (Å²) in [5, 5.41) is 0.564. The molecule has 0 saturated carbocycles. The topological polar surface area (TPSA) is 103 Å². The van der Waals surface area contributed by atoms with Gasteiger partial charge in [-0.2, -0.15) is 0 Å². The summed E-state index contributed by atoms with van der Waals surface area (Å²) in [6, 6.07) is 9.79. The largest absolute Gasteiger partial charge is 0.488 e. The zero-order chi connectivity index (χ0) is 20.8. The number of piperidine rings is 1. The van der Waals surface area contributed by atoms with Gasteiger partial charge >= 0.3 is 0 Å². The number of hydrogen-bond donors (Lipinski definition) is 1. The number of pyridine rings is 1. The van der Waals surface area contributed by atoms with E-state index in [1.807, 2.05) is 0 Å². The second-order valence-corrected chi connectivity index (χ2v) is 7.33. The minimum atomic E-state index is -0.624. The fraction of sp³-hybridized carbons (Fsp3) is 0.333. The Hall–Kier alpha value is -2.93. The number of carbonyl (C=O) groups is 3. The van der Waals surface area contributed by atoms with Gasteiger partial charge in [0.05, 0.1) is 6.54 Å². The van der Waals surface area contributed by atoms with Crippen LogP contribution < -0.4 is 10.5 Å². The number of likely N-dealkylation sites (tertiary alicyclic amines) is 1. The molecule has 1 fully saturated rings. The number of ether oxygens (including phenoxy) is 1. The van der Waals surface area contributed by atoms with E-state index in [0.717, 1.165) is 12.8 Å². The maximum absolute atomic E-state index is 12.6. The summed E-state index contributed by atoms with van der Waals surface area (Å²) >= 11 is 5.83. The van der Waals surface area contributed by atoms with Crippen molar-refractivity contribution in [3.05, 3.63) is 58.9 Å². The Morgan fingerprint density at radius 3 is 2.66 bits per heavy atom. The number of Topliss-reactive ketones (excluding diaryl/α,β-unsaturated/α-hetero) is 1. The molecular weight excluding hydrogens is 394 g/mol. The molecule has 152 valence electrons. The maximum Gasteiger partial charge on any atom is 0.267 e. The van der Waals surface area contributed by atoms with Gasteiger partial charge in [0.2, 0.25) is 5.91 Å². The first-order valence-corrected chi connectivity index (χ1v) is 9.79. The van der Waals surface area contributed by atoms with Gasteiger partial charge in [-0.05, 0) is 43.2 Å². The molecule has 3 rings (SSSR count). The van der Waals surface area contributed by atoms with Gasteiger partial charge in [-0.15, -0.1) is 0 Å². The molecule has 2 heterocycles. The van der Waals surface area contributed by atoms with E-state index in [1.165, 1.54) is 12.3 Å². The van der Waals surface area contributed by atoms with Gasteiger partial charge in [-0.25, -0.2) is 0 Å². The number of rotatable bonds is 7. The van der Waals surface area contributed by atoms with Crippen LogP contribution in [0, 0.1) is 0 Å². The quantitative estimate of drug-likeness (QED) is 0.700. The van der Waals surface area contributed by atoms with Crippen molar-refractivity contribution in [2.75, 3.05) is 13.1 Å². The summed E-state index contributed by atoms with van der Waals surface area (Å²) in [7, 11) is 0. The molecule has 2 N–H and O–H groups in total. The standard InChI is InChI=1S/C21H22ClN3O4/c22-15-5-3-14(4-6-15)19(26)7-8-20(27)25-11-1-2-17(13-25)29-16-9-10-24-18(12-16)21(23)28/h3-6,9-10,12,17H,1-2,7-8,11,13H2,(H2,23,28). The second-order valence-electron chi connectivity index (χ2n) is 6.89. The second kappa shape index (κ2) is 9.52. The van der Waals surface area contributed by atoms with Crippen molar-refractivity contribution < 1.29 is 19.1 Å². The first-order chi connectivity index (χ1) is 13.9. The number of carbonyl (C=O) groups excluding carboxylic acids is 3. The van der Waals surface area contributed by atoms with Crippen molar-refractivity contribution in [3.63, 3.8) is 0 Å². The molecule has 0 spiro atoms. The number of nitrogens with zero attached hydrogens (tertiary/aromatic N) is 2. The third-order valence-corrected chi connectivity index (χ3v) is 5.00. The molecule has 0 radical (unpaired) electrons. The zero-order valence-corrected chi connectivity index (χ0v) is 16.6. The summed E-state index contributed by atoms with van der Waals surface area (Å²) < 4.78 is 5.91. The predicted octanol–water partition coefficient (Wildman–Crippen LogP) is 2.87. The van der Waals surface area contributed by atoms with E-state index in [2.05, 4.69) is 4.98 Å². The molecule has 1 aliphatic rings. The number of nitrogens with two attached hydrogens (primary N) is 1. The van der Waals surface area contributed by atoms with Gasteiger partial charge in [-0.3, -0.25) is 19.4 Å². The Balaban J connectivity index is 1.52. The Morgan fingerprint density at radius 2 is 1.93 bits per heavy atom. The molecule has 1 aliphatic heterocycles. The monoisotopic (exact) mass is 415 g/mol. The number of halogens is 1. The van der Waals surface area contributed by atoms with Crippen LogP contribution in [0.25, 0.3) is 0 Å². The van der Waals surface area contributed by atoms with Gasteiger partial charge in [0.1, 0.15) is 17.5 Å². The van der Waals surface area contributed by atoms with E-state index in [9.17, 15) is 14.4 Å². The lowest BCUT2D eigenvalue weighted by molar-refractivity contribution is -0.133. The molecule has 1 saturated heterocycles. The minimum Gasteiger partial charge on any atom is -0.488 e. The number of hydrogen-bond acceptors (Lipinski definition) is 5. The highest BCUT2D eigenvalue weighted by Gasteiger charge is 2.25. The fourth-order valence-corrected chi connectivity index (χ4v) is 3.36. The van der Waals surface area contributed by atoms with Crippen molar-refractivity contribution in [1.29, 1.82) is 0 Å². The van der Waals surface area contributed by atoms with Crippen LogP contribution in [0.4, 0.5) is 0 Å². The van der Waals surface area contributed by atoms with Gasteiger partial charge in [0.15, 0.2) is 5.78 Å². The molecule has 29 heavy (non-hydrogen) atoms. The van der Waals surface area contributed by atoms with Crippen LogP contribution in [0.15, 0.2) is 42.6 Å². The zero-order valence-electron chi connectivity index (χ0n) is 15.8. The Morgan fingerprint density at radius 1 is 1.17 bits per heavy atom. The molecular formula is C21H22ClN3O4. The third-order valence-electron chi connectivity index (χ3n) is 4.75. The summed E-state index contributed by atoms with van der Waals surface area (Å²) in [4.78, 5) is 41.7. The van der Waals surface area contributed by atoms with Crippen molar-refractivity contribution in [2.45, 2.75) is 31.8 Å². The summed E-state index contributed by atoms with van der Waals surface area (Å²) in [6.45, 7) is 1.07. The van der Waals surface area contributed by atoms with E-state index < -0.39 is 5.91 Å². The van der Waals surface area contributed by atoms with Crippen LogP contribution >= 0.6 is 11.6 Å². The van der Waals surface area contributed by atoms with Gasteiger partial charge in [0, 0.05) is 42.2 Å². The SMILES string of the molecule is NC(=O)c1cc(OC2CCCN(C(=O)CCC(=O)c3ccc(Cl)cc3)C2)ccn1. The van der Waals surface area contributed by atoms with Crippen molar-refractivity contribution in [2.24, 2.45) is 5.73 Å².